The highest BCUT2D eigenvalue weighted by Crippen LogP contribution is 2.40. The average Bonchev–Trinajstić information content (AvgIpc) is 3.09. The number of carbonyl (C=O) groups excluding carboxylic acids is 2. The minimum Gasteiger partial charge on any atom is -0.507 e. The lowest BCUT2D eigenvalue weighted by Gasteiger charge is -2.25. The van der Waals surface area contributed by atoms with Crippen LogP contribution in [-0.4, -0.2) is 35.4 Å². The van der Waals surface area contributed by atoms with Gasteiger partial charge in [-0.3, -0.25) is 9.59 Å². The third-order valence-electron chi connectivity index (χ3n) is 6.10. The van der Waals surface area contributed by atoms with E-state index in [2.05, 4.69) is 0 Å². The van der Waals surface area contributed by atoms with Crippen LogP contribution in [-0.2, 0) is 16.0 Å². The Kier molecular flexibility index (Phi) is 6.31. The van der Waals surface area contributed by atoms with Crippen LogP contribution in [0, 0.1) is 13.8 Å². The van der Waals surface area contributed by atoms with E-state index in [4.69, 9.17) is 4.74 Å². The molecule has 0 saturated carbocycles. The van der Waals surface area contributed by atoms with E-state index in [-0.39, 0.29) is 11.3 Å². The van der Waals surface area contributed by atoms with Crippen LogP contribution in [0.25, 0.3) is 5.76 Å². The molecule has 5 heteroatoms. The summed E-state index contributed by atoms with van der Waals surface area (Å²) in [7, 11) is 1.58. The molecule has 168 valence electrons. The van der Waals surface area contributed by atoms with E-state index >= 15 is 0 Å². The van der Waals surface area contributed by atoms with E-state index in [1.165, 1.54) is 0 Å². The first kappa shape index (κ1) is 22.3. The molecule has 0 radical (unpaired) electrons. The van der Waals surface area contributed by atoms with Crippen LogP contribution >= 0.6 is 0 Å². The van der Waals surface area contributed by atoms with Gasteiger partial charge in [0.05, 0.1) is 18.7 Å². The summed E-state index contributed by atoms with van der Waals surface area (Å²) in [6, 6.07) is 22.1. The van der Waals surface area contributed by atoms with E-state index in [1.807, 2.05) is 74.5 Å². The minimum atomic E-state index is -0.681. The molecule has 0 aromatic heterocycles. The molecule has 1 atom stereocenters. The number of carbonyl (C=O) groups is 2. The summed E-state index contributed by atoms with van der Waals surface area (Å²) in [5, 5.41) is 11.3. The molecule has 33 heavy (non-hydrogen) atoms. The summed E-state index contributed by atoms with van der Waals surface area (Å²) >= 11 is 0. The van der Waals surface area contributed by atoms with Crippen molar-refractivity contribution in [3.05, 3.63) is 106 Å². The van der Waals surface area contributed by atoms with Crippen LogP contribution in [0.4, 0.5) is 0 Å². The van der Waals surface area contributed by atoms with Gasteiger partial charge in [0.2, 0.25) is 0 Å². The van der Waals surface area contributed by atoms with Crippen LogP contribution in [0.3, 0.4) is 0 Å². The topological polar surface area (TPSA) is 66.8 Å². The van der Waals surface area contributed by atoms with Crippen molar-refractivity contribution < 1.29 is 19.4 Å². The Hall–Kier alpha value is -3.86. The molecular weight excluding hydrogens is 414 g/mol. The van der Waals surface area contributed by atoms with Crippen LogP contribution in [0.15, 0.2) is 78.4 Å². The maximum atomic E-state index is 13.2. The second kappa shape index (κ2) is 9.33. The van der Waals surface area contributed by atoms with Crippen molar-refractivity contribution in [2.45, 2.75) is 26.3 Å². The number of nitrogens with zero attached hydrogens (tertiary/aromatic N) is 1. The van der Waals surface area contributed by atoms with E-state index in [1.54, 1.807) is 24.1 Å². The first-order valence-electron chi connectivity index (χ1n) is 10.9. The number of ether oxygens (including phenoxy) is 1. The predicted molar refractivity (Wildman–Crippen MR) is 128 cm³/mol. The number of amides is 1. The summed E-state index contributed by atoms with van der Waals surface area (Å²) in [4.78, 5) is 27.9. The molecule has 1 amide bonds. The summed E-state index contributed by atoms with van der Waals surface area (Å²) in [5.41, 5.74) is 4.29. The number of rotatable bonds is 6. The third-order valence-corrected chi connectivity index (χ3v) is 6.10. The van der Waals surface area contributed by atoms with Gasteiger partial charge in [0.25, 0.3) is 11.7 Å². The number of likely N-dealkylation sites (tertiary alicyclic amines) is 1. The van der Waals surface area contributed by atoms with Crippen LogP contribution in [0.1, 0.15) is 33.9 Å². The highest BCUT2D eigenvalue weighted by atomic mass is 16.5. The fourth-order valence-corrected chi connectivity index (χ4v) is 4.27. The maximum absolute atomic E-state index is 13.2. The number of Topliss-reactive ketones (excluding diaryl/α,β-unsaturated/α-hetero) is 1. The minimum absolute atomic E-state index is 0.118. The standard InChI is InChI=1S/C28H27NO4/c1-18-9-10-19(2)23(17-18)26(30)24-25(21-11-13-22(33-3)14-12-21)29(28(32)27(24)31)16-15-20-7-5-4-6-8-20/h4-14,17,25,30H,15-16H2,1-3H3/b26-24+. The number of aliphatic hydroxyl groups excluding tert-OH is 1. The molecule has 3 aromatic rings. The lowest BCUT2D eigenvalue weighted by atomic mass is 9.93. The zero-order valence-electron chi connectivity index (χ0n) is 19.0. The normalized spacial score (nSPS) is 17.4. The Morgan fingerprint density at radius 3 is 2.33 bits per heavy atom. The molecular formula is C28H27NO4. The fourth-order valence-electron chi connectivity index (χ4n) is 4.27. The lowest BCUT2D eigenvalue weighted by Crippen LogP contribution is -2.31. The lowest BCUT2D eigenvalue weighted by molar-refractivity contribution is -0.139. The molecule has 1 saturated heterocycles. The third kappa shape index (κ3) is 4.40. The van der Waals surface area contributed by atoms with Crippen LogP contribution < -0.4 is 4.74 Å². The van der Waals surface area contributed by atoms with Crippen molar-refractivity contribution in [2.24, 2.45) is 0 Å². The highest BCUT2D eigenvalue weighted by molar-refractivity contribution is 6.46. The first-order valence-corrected chi connectivity index (χ1v) is 10.9. The Bertz CT molecular complexity index is 1210. The van der Waals surface area contributed by atoms with Gasteiger partial charge < -0.3 is 14.7 Å². The second-order valence-corrected chi connectivity index (χ2v) is 8.32. The Labute approximate surface area is 193 Å². The number of benzene rings is 3. The van der Waals surface area contributed by atoms with Crippen molar-refractivity contribution in [3.63, 3.8) is 0 Å². The molecule has 0 bridgehead atoms. The number of aliphatic hydroxyl groups is 1. The van der Waals surface area contributed by atoms with E-state index in [9.17, 15) is 14.7 Å². The number of hydrogen-bond acceptors (Lipinski definition) is 4. The quantitative estimate of drug-likeness (QED) is 0.333. The van der Waals surface area contributed by atoms with Gasteiger partial charge in [-0.25, -0.2) is 0 Å². The summed E-state index contributed by atoms with van der Waals surface area (Å²) in [5.74, 6) is -0.729. The van der Waals surface area contributed by atoms with E-state index in [0.29, 0.717) is 24.3 Å². The number of hydrogen-bond donors (Lipinski definition) is 1. The molecule has 1 unspecified atom stereocenters. The second-order valence-electron chi connectivity index (χ2n) is 8.32. The number of ketones is 1. The van der Waals surface area contributed by atoms with Crippen molar-refractivity contribution in [3.8, 4) is 5.75 Å². The van der Waals surface area contributed by atoms with Gasteiger partial charge in [-0.1, -0.05) is 60.2 Å². The molecule has 1 N–H and O–H groups in total. The molecule has 4 rings (SSSR count). The number of aryl methyl sites for hydroxylation is 2. The van der Waals surface area contributed by atoms with Gasteiger partial charge in [0, 0.05) is 12.1 Å². The predicted octanol–water partition coefficient (Wildman–Crippen LogP) is 4.98. The molecule has 0 aliphatic carbocycles. The van der Waals surface area contributed by atoms with E-state index < -0.39 is 17.7 Å². The van der Waals surface area contributed by atoms with Crippen LogP contribution in [0.2, 0.25) is 0 Å². The number of methoxy groups -OCH3 is 1. The Morgan fingerprint density at radius 1 is 0.970 bits per heavy atom. The Balaban J connectivity index is 1.82. The highest BCUT2D eigenvalue weighted by Gasteiger charge is 2.46. The van der Waals surface area contributed by atoms with Gasteiger partial charge in [-0.15, -0.1) is 0 Å². The smallest absolute Gasteiger partial charge is 0.295 e. The molecule has 1 aliphatic heterocycles. The van der Waals surface area contributed by atoms with Crippen molar-refractivity contribution in [2.75, 3.05) is 13.7 Å². The molecule has 0 spiro atoms. The molecule has 5 nitrogen and oxygen atoms in total. The zero-order chi connectivity index (χ0) is 23.5. The van der Waals surface area contributed by atoms with Gasteiger partial charge in [0.1, 0.15) is 11.5 Å². The van der Waals surface area contributed by atoms with Gasteiger partial charge in [-0.05, 0) is 55.2 Å². The van der Waals surface area contributed by atoms with Gasteiger partial charge >= 0.3 is 0 Å². The SMILES string of the molecule is COc1ccc(C2/C(=C(\O)c3cc(C)ccc3C)C(=O)C(=O)N2CCc2ccccc2)cc1. The molecule has 1 heterocycles. The van der Waals surface area contributed by atoms with Gasteiger partial charge in [0.15, 0.2) is 0 Å². The van der Waals surface area contributed by atoms with Crippen molar-refractivity contribution >= 4 is 17.4 Å². The summed E-state index contributed by atoms with van der Waals surface area (Å²) in [6.45, 7) is 4.16. The van der Waals surface area contributed by atoms with E-state index in [0.717, 1.165) is 22.3 Å². The largest absolute Gasteiger partial charge is 0.507 e. The van der Waals surface area contributed by atoms with Crippen LogP contribution in [0.5, 0.6) is 5.75 Å². The zero-order valence-corrected chi connectivity index (χ0v) is 19.0. The molecule has 1 aliphatic rings. The maximum Gasteiger partial charge on any atom is 0.295 e. The monoisotopic (exact) mass is 441 g/mol. The Morgan fingerprint density at radius 2 is 1.67 bits per heavy atom. The summed E-state index contributed by atoms with van der Waals surface area (Å²) in [6.07, 6.45) is 0.601. The van der Waals surface area contributed by atoms with Gasteiger partial charge in [-0.2, -0.15) is 0 Å². The van der Waals surface area contributed by atoms with Crippen molar-refractivity contribution in [1.29, 1.82) is 0 Å². The summed E-state index contributed by atoms with van der Waals surface area (Å²) < 4.78 is 5.27. The first-order chi connectivity index (χ1) is 15.9. The fraction of sp³-hybridized carbons (Fsp3) is 0.214. The molecule has 3 aromatic carbocycles. The van der Waals surface area contributed by atoms with Crippen molar-refractivity contribution in [1.82, 2.24) is 4.90 Å². The average molecular weight is 442 g/mol. The molecule has 1 fully saturated rings.